The summed E-state index contributed by atoms with van der Waals surface area (Å²) in [5.74, 6) is 0.614. The number of oxazole rings is 1. The lowest BCUT2D eigenvalue weighted by atomic mass is 10.1. The Kier molecular flexibility index (Phi) is 6.13. The maximum absolute atomic E-state index is 10.4. The number of benzene rings is 2. The number of aryl methyl sites for hydroxylation is 2. The summed E-state index contributed by atoms with van der Waals surface area (Å²) in [6.45, 7) is 1.82. The van der Waals surface area contributed by atoms with Crippen LogP contribution in [0, 0.1) is 6.92 Å². The van der Waals surface area contributed by atoms with Crippen molar-refractivity contribution >= 4 is 39.2 Å². The lowest BCUT2D eigenvalue weighted by molar-refractivity contribution is -0.646. The van der Waals surface area contributed by atoms with Crippen LogP contribution in [0.3, 0.4) is 0 Å². The first-order valence-corrected chi connectivity index (χ1v) is 11.6. The molecule has 1 aliphatic heterocycles. The minimum absolute atomic E-state index is 0.178. The number of nitrogens with zero attached hydrogens (tertiary/aromatic N) is 3. The van der Waals surface area contributed by atoms with E-state index in [4.69, 9.17) is 4.42 Å². The standard InChI is InChI=1S/C18H16N3O.C7H8O3S/c1-20-11-5-8-16-18(20)19-17(22-16)12-14-10-9-13-6-3-4-7-15(13)21(14)2;1-6-2-4-7(5-3-6)11(8,9)10/h3-12H,1-2H3;2-5H,1H3,(H,8,9,10)/q+1;/p-1. The molecule has 2 aromatic carbocycles. The summed E-state index contributed by atoms with van der Waals surface area (Å²) < 4.78 is 38.9. The van der Waals surface area contributed by atoms with Gasteiger partial charge in [-0.25, -0.2) is 13.0 Å². The van der Waals surface area contributed by atoms with E-state index in [9.17, 15) is 13.0 Å². The molecule has 0 saturated heterocycles. The third-order valence-electron chi connectivity index (χ3n) is 5.24. The number of allylic oxidation sites excluding steroid dienone is 1. The van der Waals surface area contributed by atoms with E-state index in [0.29, 0.717) is 5.89 Å². The number of hydrogen-bond acceptors (Lipinski definition) is 6. The maximum Gasteiger partial charge on any atom is 0.370 e. The van der Waals surface area contributed by atoms with Gasteiger partial charge in [0.15, 0.2) is 0 Å². The highest BCUT2D eigenvalue weighted by atomic mass is 32.2. The number of anilines is 1. The molecule has 0 radical (unpaired) electrons. The minimum Gasteiger partial charge on any atom is -0.744 e. The van der Waals surface area contributed by atoms with Crippen LogP contribution in [0.2, 0.25) is 0 Å². The molecule has 0 spiro atoms. The second-order valence-corrected chi connectivity index (χ2v) is 9.03. The van der Waals surface area contributed by atoms with E-state index in [0.717, 1.165) is 22.5 Å². The largest absolute Gasteiger partial charge is 0.744 e. The average molecular weight is 462 g/mol. The predicted molar refractivity (Wildman–Crippen MR) is 126 cm³/mol. The van der Waals surface area contributed by atoms with Crippen LogP contribution in [0.5, 0.6) is 0 Å². The molecule has 3 heterocycles. The second kappa shape index (κ2) is 9.01. The van der Waals surface area contributed by atoms with Crippen LogP contribution in [-0.4, -0.2) is 25.0 Å². The highest BCUT2D eigenvalue weighted by molar-refractivity contribution is 7.85. The Labute approximate surface area is 192 Å². The Morgan fingerprint density at radius 3 is 2.45 bits per heavy atom. The van der Waals surface area contributed by atoms with Gasteiger partial charge in [-0.15, -0.1) is 0 Å². The van der Waals surface area contributed by atoms with Crippen molar-refractivity contribution in [2.75, 3.05) is 11.9 Å². The fraction of sp³-hybridized carbons (Fsp3) is 0.120. The zero-order valence-electron chi connectivity index (χ0n) is 18.5. The third kappa shape index (κ3) is 5.02. The molecule has 7 nitrogen and oxygen atoms in total. The monoisotopic (exact) mass is 461 g/mol. The van der Waals surface area contributed by atoms with E-state index in [1.54, 1.807) is 12.1 Å². The molecular weight excluding hydrogens is 438 g/mol. The summed E-state index contributed by atoms with van der Waals surface area (Å²) in [5, 5.41) is 0. The average Bonchev–Trinajstić information content (AvgIpc) is 3.20. The number of likely N-dealkylation sites (N-methyl/N-ethyl adjacent to an activating group) is 1. The van der Waals surface area contributed by atoms with Gasteiger partial charge < -0.3 is 13.9 Å². The van der Waals surface area contributed by atoms with E-state index in [1.165, 1.54) is 23.4 Å². The number of rotatable bonds is 2. The number of hydrogen-bond donors (Lipinski definition) is 0. The molecule has 33 heavy (non-hydrogen) atoms. The van der Waals surface area contributed by atoms with E-state index < -0.39 is 10.1 Å². The van der Waals surface area contributed by atoms with Crippen molar-refractivity contribution in [2.45, 2.75) is 11.8 Å². The first-order valence-electron chi connectivity index (χ1n) is 10.2. The zero-order chi connectivity index (χ0) is 23.6. The number of fused-ring (bicyclic) bond motifs is 2. The van der Waals surface area contributed by atoms with Gasteiger partial charge in [0, 0.05) is 23.4 Å². The van der Waals surface area contributed by atoms with Crippen molar-refractivity contribution in [3.05, 3.63) is 95.7 Å². The summed E-state index contributed by atoms with van der Waals surface area (Å²) in [7, 11) is -0.254. The Hall–Kier alpha value is -3.75. The molecule has 0 amide bonds. The van der Waals surface area contributed by atoms with Gasteiger partial charge in [-0.2, -0.15) is 0 Å². The number of pyridine rings is 1. The van der Waals surface area contributed by atoms with Crippen LogP contribution in [0.15, 0.2) is 87.9 Å². The van der Waals surface area contributed by atoms with E-state index in [-0.39, 0.29) is 4.90 Å². The molecule has 0 atom stereocenters. The molecule has 0 bridgehead atoms. The first kappa shape index (κ1) is 22.4. The predicted octanol–water partition coefficient (Wildman–Crippen LogP) is 4.06. The molecular formula is C25H23N3O4S. The normalized spacial score (nSPS) is 14.2. The van der Waals surface area contributed by atoms with Gasteiger partial charge in [-0.1, -0.05) is 42.0 Å². The molecule has 5 rings (SSSR count). The van der Waals surface area contributed by atoms with Gasteiger partial charge in [0.1, 0.15) is 10.1 Å². The molecule has 0 fully saturated rings. The quantitative estimate of drug-likeness (QED) is 0.330. The number of aromatic nitrogens is 2. The fourth-order valence-electron chi connectivity index (χ4n) is 3.43. The van der Waals surface area contributed by atoms with E-state index >= 15 is 0 Å². The molecule has 0 unspecified atom stereocenters. The summed E-state index contributed by atoms with van der Waals surface area (Å²) in [6.07, 6.45) is 8.12. The Bertz CT molecular complexity index is 1470. The van der Waals surface area contributed by atoms with Gasteiger partial charge in [0.05, 0.1) is 24.2 Å². The molecule has 0 saturated carbocycles. The fourth-order valence-corrected chi connectivity index (χ4v) is 3.90. The van der Waals surface area contributed by atoms with Crippen LogP contribution in [-0.2, 0) is 17.2 Å². The second-order valence-electron chi connectivity index (χ2n) is 7.65. The van der Waals surface area contributed by atoms with Crippen molar-refractivity contribution < 1.29 is 22.0 Å². The molecule has 168 valence electrons. The van der Waals surface area contributed by atoms with Crippen LogP contribution < -0.4 is 9.47 Å². The molecule has 0 aliphatic carbocycles. The Morgan fingerprint density at radius 1 is 1.03 bits per heavy atom. The topological polar surface area (TPSA) is 90.4 Å². The van der Waals surface area contributed by atoms with Crippen molar-refractivity contribution in [3.63, 3.8) is 0 Å². The molecule has 2 aromatic heterocycles. The Balaban J connectivity index is 0.000000200. The van der Waals surface area contributed by atoms with Crippen molar-refractivity contribution in [1.82, 2.24) is 4.98 Å². The van der Waals surface area contributed by atoms with Gasteiger partial charge in [0.25, 0.3) is 0 Å². The lowest BCUT2D eigenvalue weighted by Gasteiger charge is -2.25. The highest BCUT2D eigenvalue weighted by Crippen LogP contribution is 2.30. The van der Waals surface area contributed by atoms with Gasteiger partial charge >= 0.3 is 11.5 Å². The third-order valence-corrected chi connectivity index (χ3v) is 6.09. The molecule has 1 aliphatic rings. The lowest BCUT2D eigenvalue weighted by Crippen LogP contribution is -2.28. The van der Waals surface area contributed by atoms with E-state index in [1.807, 2.05) is 55.1 Å². The molecule has 4 aromatic rings. The highest BCUT2D eigenvalue weighted by Gasteiger charge is 2.18. The number of para-hydroxylation sites is 1. The van der Waals surface area contributed by atoms with Crippen LogP contribution >= 0.6 is 0 Å². The first-order chi connectivity index (χ1) is 15.7. The van der Waals surface area contributed by atoms with Crippen LogP contribution in [0.25, 0.3) is 23.4 Å². The van der Waals surface area contributed by atoms with Crippen molar-refractivity contribution in [2.24, 2.45) is 7.05 Å². The van der Waals surface area contributed by atoms with Crippen molar-refractivity contribution in [1.29, 1.82) is 0 Å². The summed E-state index contributed by atoms with van der Waals surface area (Å²) in [6, 6.07) is 18.0. The van der Waals surface area contributed by atoms with Gasteiger partial charge in [-0.3, -0.25) is 0 Å². The summed E-state index contributed by atoms with van der Waals surface area (Å²) in [4.78, 5) is 6.52. The van der Waals surface area contributed by atoms with Gasteiger partial charge in [0.2, 0.25) is 5.58 Å². The van der Waals surface area contributed by atoms with Gasteiger partial charge in [-0.05, 0) is 48.9 Å². The minimum atomic E-state index is -4.27. The van der Waals surface area contributed by atoms with Crippen LogP contribution in [0.1, 0.15) is 17.0 Å². The molecule has 8 heteroatoms. The Morgan fingerprint density at radius 2 is 1.76 bits per heavy atom. The zero-order valence-corrected chi connectivity index (χ0v) is 19.3. The summed E-state index contributed by atoms with van der Waals surface area (Å²) >= 11 is 0. The van der Waals surface area contributed by atoms with Crippen molar-refractivity contribution in [3.8, 4) is 0 Å². The SMILES string of the molecule is CN1/C(=C/c2nc3c(ccc[n+]3C)o2)C=Cc2ccccc21.Cc1ccc(S(=O)(=O)[O-])cc1. The molecule has 0 N–H and O–H groups in total. The summed E-state index contributed by atoms with van der Waals surface area (Å²) in [5.41, 5.74) is 6.01. The smallest absolute Gasteiger partial charge is 0.370 e. The maximum atomic E-state index is 10.4. The van der Waals surface area contributed by atoms with Crippen LogP contribution in [0.4, 0.5) is 5.69 Å². The van der Waals surface area contributed by atoms with E-state index in [2.05, 4.69) is 41.2 Å².